The van der Waals surface area contributed by atoms with Gasteiger partial charge in [-0.05, 0) is 30.9 Å². The minimum atomic E-state index is 0.492. The van der Waals surface area contributed by atoms with Gasteiger partial charge in [0.2, 0.25) is 5.88 Å². The van der Waals surface area contributed by atoms with Crippen LogP contribution in [-0.4, -0.2) is 38.9 Å². The number of rotatable bonds is 4. The summed E-state index contributed by atoms with van der Waals surface area (Å²) in [5.41, 5.74) is 6.33. The van der Waals surface area contributed by atoms with Gasteiger partial charge < -0.3 is 20.1 Å². The van der Waals surface area contributed by atoms with E-state index in [1.807, 2.05) is 19.2 Å². The summed E-state index contributed by atoms with van der Waals surface area (Å²) >= 11 is 0. The van der Waals surface area contributed by atoms with Crippen LogP contribution in [0.5, 0.6) is 5.88 Å². The molecule has 0 amide bonds. The SMILES string of the molecule is COc1nc(N(C)CC2CCOCC2)ccc1N. The van der Waals surface area contributed by atoms with Gasteiger partial charge in [0, 0.05) is 26.8 Å². The zero-order chi connectivity index (χ0) is 13.0. The molecule has 0 aliphatic carbocycles. The molecule has 0 unspecified atom stereocenters. The molecule has 0 atom stereocenters. The van der Waals surface area contributed by atoms with Crippen LogP contribution in [0.2, 0.25) is 0 Å². The maximum atomic E-state index is 5.76. The standard InChI is InChI=1S/C13H21N3O2/c1-16(9-10-5-7-18-8-6-10)12-4-3-11(14)13(15-12)17-2/h3-4,10H,5-9,14H2,1-2H3. The number of nitrogen functional groups attached to an aromatic ring is 1. The lowest BCUT2D eigenvalue weighted by atomic mass is 10.00. The van der Waals surface area contributed by atoms with Crippen LogP contribution in [0.15, 0.2) is 12.1 Å². The van der Waals surface area contributed by atoms with E-state index in [0.717, 1.165) is 38.4 Å². The third-order valence-electron chi connectivity index (χ3n) is 3.33. The second kappa shape index (κ2) is 5.91. The summed E-state index contributed by atoms with van der Waals surface area (Å²) in [6.07, 6.45) is 2.24. The number of nitrogens with zero attached hydrogens (tertiary/aromatic N) is 2. The number of ether oxygens (including phenoxy) is 2. The first-order valence-corrected chi connectivity index (χ1v) is 6.30. The zero-order valence-electron chi connectivity index (χ0n) is 11.1. The fourth-order valence-electron chi connectivity index (χ4n) is 2.23. The highest BCUT2D eigenvalue weighted by atomic mass is 16.5. The molecule has 1 fully saturated rings. The van der Waals surface area contributed by atoms with Gasteiger partial charge in [-0.25, -0.2) is 0 Å². The van der Waals surface area contributed by atoms with Crippen molar-refractivity contribution in [1.29, 1.82) is 0 Å². The van der Waals surface area contributed by atoms with Crippen molar-refractivity contribution >= 4 is 11.5 Å². The lowest BCUT2D eigenvalue weighted by Crippen LogP contribution is -2.30. The average molecular weight is 251 g/mol. The third kappa shape index (κ3) is 3.04. The first kappa shape index (κ1) is 13.0. The molecule has 1 saturated heterocycles. The Hall–Kier alpha value is -1.49. The first-order valence-electron chi connectivity index (χ1n) is 6.30. The van der Waals surface area contributed by atoms with E-state index in [9.17, 15) is 0 Å². The molecule has 18 heavy (non-hydrogen) atoms. The largest absolute Gasteiger partial charge is 0.479 e. The molecule has 0 spiro atoms. The van der Waals surface area contributed by atoms with Gasteiger partial charge in [0.25, 0.3) is 0 Å². The number of aromatic nitrogens is 1. The summed E-state index contributed by atoms with van der Waals surface area (Å²) in [5, 5.41) is 0. The van der Waals surface area contributed by atoms with Crippen molar-refractivity contribution in [2.45, 2.75) is 12.8 Å². The molecule has 0 aromatic carbocycles. The Morgan fingerprint density at radius 3 is 2.83 bits per heavy atom. The van der Waals surface area contributed by atoms with Crippen LogP contribution in [0.1, 0.15) is 12.8 Å². The van der Waals surface area contributed by atoms with E-state index in [1.165, 1.54) is 0 Å². The third-order valence-corrected chi connectivity index (χ3v) is 3.33. The molecule has 2 heterocycles. The number of pyridine rings is 1. The maximum Gasteiger partial charge on any atom is 0.238 e. The van der Waals surface area contributed by atoms with Gasteiger partial charge in [-0.15, -0.1) is 0 Å². The molecule has 2 N–H and O–H groups in total. The molecular formula is C13H21N3O2. The van der Waals surface area contributed by atoms with Gasteiger partial charge in [-0.1, -0.05) is 0 Å². The second-order valence-electron chi connectivity index (χ2n) is 4.70. The van der Waals surface area contributed by atoms with Gasteiger partial charge in [0.1, 0.15) is 5.82 Å². The van der Waals surface area contributed by atoms with Crippen LogP contribution >= 0.6 is 0 Å². The lowest BCUT2D eigenvalue weighted by Gasteiger charge is -2.28. The summed E-state index contributed by atoms with van der Waals surface area (Å²) in [6, 6.07) is 3.76. The van der Waals surface area contributed by atoms with Crippen molar-refractivity contribution in [2.24, 2.45) is 5.92 Å². The lowest BCUT2D eigenvalue weighted by molar-refractivity contribution is 0.0685. The van der Waals surface area contributed by atoms with E-state index in [0.29, 0.717) is 17.5 Å². The summed E-state index contributed by atoms with van der Waals surface area (Å²) in [5.74, 6) is 2.06. The summed E-state index contributed by atoms with van der Waals surface area (Å²) in [6.45, 7) is 2.73. The average Bonchev–Trinajstić information content (AvgIpc) is 2.40. The van der Waals surface area contributed by atoms with Crippen LogP contribution in [0.25, 0.3) is 0 Å². The number of anilines is 2. The number of nitrogens with two attached hydrogens (primary N) is 1. The van der Waals surface area contributed by atoms with E-state index in [4.69, 9.17) is 15.2 Å². The molecule has 1 aromatic rings. The monoisotopic (exact) mass is 251 g/mol. The van der Waals surface area contributed by atoms with Crippen molar-refractivity contribution < 1.29 is 9.47 Å². The molecule has 5 heteroatoms. The summed E-state index contributed by atoms with van der Waals surface area (Å²) < 4.78 is 10.5. The van der Waals surface area contributed by atoms with Crippen molar-refractivity contribution in [3.05, 3.63) is 12.1 Å². The van der Waals surface area contributed by atoms with Crippen LogP contribution in [0.3, 0.4) is 0 Å². The van der Waals surface area contributed by atoms with Crippen LogP contribution < -0.4 is 15.4 Å². The van der Waals surface area contributed by atoms with E-state index in [-0.39, 0.29) is 0 Å². The second-order valence-corrected chi connectivity index (χ2v) is 4.70. The fourth-order valence-corrected chi connectivity index (χ4v) is 2.23. The van der Waals surface area contributed by atoms with Crippen molar-refractivity contribution in [3.8, 4) is 5.88 Å². The molecule has 2 rings (SSSR count). The molecule has 1 aliphatic rings. The predicted molar refractivity (Wildman–Crippen MR) is 72.0 cm³/mol. The van der Waals surface area contributed by atoms with Crippen LogP contribution in [0, 0.1) is 5.92 Å². The van der Waals surface area contributed by atoms with Gasteiger partial charge in [0.05, 0.1) is 12.8 Å². The van der Waals surface area contributed by atoms with E-state index in [2.05, 4.69) is 9.88 Å². The van der Waals surface area contributed by atoms with Crippen molar-refractivity contribution in [2.75, 3.05) is 44.5 Å². The number of hydrogen-bond acceptors (Lipinski definition) is 5. The number of methoxy groups -OCH3 is 1. The Morgan fingerprint density at radius 2 is 2.17 bits per heavy atom. The molecule has 0 bridgehead atoms. The van der Waals surface area contributed by atoms with Gasteiger partial charge >= 0.3 is 0 Å². The van der Waals surface area contributed by atoms with Gasteiger partial charge in [-0.3, -0.25) is 0 Å². The summed E-state index contributed by atoms with van der Waals surface area (Å²) in [4.78, 5) is 6.55. The predicted octanol–water partition coefficient (Wildman–Crippen LogP) is 1.54. The molecule has 1 aliphatic heterocycles. The smallest absolute Gasteiger partial charge is 0.238 e. The Kier molecular flexibility index (Phi) is 4.25. The number of hydrogen-bond donors (Lipinski definition) is 1. The molecule has 1 aromatic heterocycles. The molecule has 0 saturated carbocycles. The minimum Gasteiger partial charge on any atom is -0.479 e. The highest BCUT2D eigenvalue weighted by molar-refractivity contribution is 5.54. The van der Waals surface area contributed by atoms with Crippen LogP contribution in [-0.2, 0) is 4.74 Å². The Bertz CT molecular complexity index is 392. The highest BCUT2D eigenvalue weighted by Crippen LogP contribution is 2.24. The topological polar surface area (TPSA) is 60.6 Å². The quantitative estimate of drug-likeness (QED) is 0.879. The van der Waals surface area contributed by atoms with Crippen molar-refractivity contribution in [1.82, 2.24) is 4.98 Å². The molecule has 100 valence electrons. The maximum absolute atomic E-state index is 5.76. The normalized spacial score (nSPS) is 16.6. The molecule has 5 nitrogen and oxygen atoms in total. The molecule has 0 radical (unpaired) electrons. The fraction of sp³-hybridized carbons (Fsp3) is 0.615. The van der Waals surface area contributed by atoms with Gasteiger partial charge in [0.15, 0.2) is 0 Å². The highest BCUT2D eigenvalue weighted by Gasteiger charge is 2.17. The Labute approximate surface area is 108 Å². The minimum absolute atomic E-state index is 0.492. The van der Waals surface area contributed by atoms with E-state index < -0.39 is 0 Å². The summed E-state index contributed by atoms with van der Waals surface area (Å²) in [7, 11) is 3.63. The Morgan fingerprint density at radius 1 is 1.44 bits per heavy atom. The van der Waals surface area contributed by atoms with E-state index >= 15 is 0 Å². The zero-order valence-corrected chi connectivity index (χ0v) is 11.1. The van der Waals surface area contributed by atoms with E-state index in [1.54, 1.807) is 7.11 Å². The van der Waals surface area contributed by atoms with Gasteiger partial charge in [-0.2, -0.15) is 4.98 Å². The Balaban J connectivity index is 2.01. The first-order chi connectivity index (χ1) is 8.70. The van der Waals surface area contributed by atoms with Crippen LogP contribution in [0.4, 0.5) is 11.5 Å². The molecular weight excluding hydrogens is 230 g/mol. The van der Waals surface area contributed by atoms with Crippen molar-refractivity contribution in [3.63, 3.8) is 0 Å².